The van der Waals surface area contributed by atoms with E-state index in [1.807, 2.05) is 0 Å². The zero-order chi connectivity index (χ0) is 11.0. The molecule has 6 heteroatoms. The molecule has 6 nitrogen and oxygen atoms in total. The predicted octanol–water partition coefficient (Wildman–Crippen LogP) is -1.37. The van der Waals surface area contributed by atoms with Gasteiger partial charge in [-0.15, -0.1) is 0 Å². The van der Waals surface area contributed by atoms with Crippen LogP contribution in [0.3, 0.4) is 0 Å². The van der Waals surface area contributed by atoms with Crippen molar-refractivity contribution >= 4 is 11.9 Å². The Morgan fingerprint density at radius 2 is 1.93 bits per heavy atom. The van der Waals surface area contributed by atoms with E-state index in [9.17, 15) is 9.59 Å². The number of aliphatic hydroxyl groups excluding tert-OH is 1. The van der Waals surface area contributed by atoms with Gasteiger partial charge in [-0.05, 0) is 6.42 Å². The van der Waals surface area contributed by atoms with Crippen LogP contribution in [0.2, 0.25) is 0 Å². The van der Waals surface area contributed by atoms with Gasteiger partial charge in [0.25, 0.3) is 0 Å². The average molecular weight is 204 g/mol. The smallest absolute Gasteiger partial charge is 0.304 e. The zero-order valence-electron chi connectivity index (χ0n) is 7.98. The van der Waals surface area contributed by atoms with Crippen molar-refractivity contribution in [1.29, 1.82) is 0 Å². The first-order valence-electron chi connectivity index (χ1n) is 4.39. The van der Waals surface area contributed by atoms with Gasteiger partial charge >= 0.3 is 5.97 Å². The fourth-order valence-electron chi connectivity index (χ4n) is 1.04. The number of carboxylic acid groups (broad SMARTS) is 1. The molecule has 0 saturated heterocycles. The Bertz CT molecular complexity index is 196. The maximum atomic E-state index is 10.6. The summed E-state index contributed by atoms with van der Waals surface area (Å²) in [6.45, 7) is 0.806. The van der Waals surface area contributed by atoms with Crippen molar-refractivity contribution in [3.63, 3.8) is 0 Å². The molecule has 0 aliphatic rings. The summed E-state index contributed by atoms with van der Waals surface area (Å²) in [4.78, 5) is 22.5. The molecular formula is C8H16N2O4. The Labute approximate surface area is 82.3 Å². The minimum Gasteiger partial charge on any atom is -0.481 e. The number of nitrogens with zero attached hydrogens (tertiary/aromatic N) is 1. The molecule has 0 aromatic rings. The first-order valence-corrected chi connectivity index (χ1v) is 4.39. The number of carbonyl (C=O) groups excluding carboxylic acids is 1. The third-order valence-electron chi connectivity index (χ3n) is 1.65. The lowest BCUT2D eigenvalue weighted by Gasteiger charge is -2.18. The van der Waals surface area contributed by atoms with Crippen LogP contribution in [0.15, 0.2) is 0 Å². The second kappa shape index (κ2) is 7.28. The highest BCUT2D eigenvalue weighted by atomic mass is 16.4. The Morgan fingerprint density at radius 3 is 2.36 bits per heavy atom. The summed E-state index contributed by atoms with van der Waals surface area (Å²) in [6.07, 6.45) is 0.478. The van der Waals surface area contributed by atoms with E-state index in [-0.39, 0.29) is 26.1 Å². The SMILES string of the molecule is NC(=O)CN(CCCO)CCC(=O)O. The molecule has 0 aliphatic heterocycles. The highest BCUT2D eigenvalue weighted by molar-refractivity contribution is 5.76. The van der Waals surface area contributed by atoms with Crippen molar-refractivity contribution in [1.82, 2.24) is 4.90 Å². The summed E-state index contributed by atoms with van der Waals surface area (Å²) in [5.41, 5.74) is 4.98. The van der Waals surface area contributed by atoms with Crippen molar-refractivity contribution in [2.24, 2.45) is 5.73 Å². The minimum absolute atomic E-state index is 0.0162. The van der Waals surface area contributed by atoms with Gasteiger partial charge in [-0.3, -0.25) is 14.5 Å². The van der Waals surface area contributed by atoms with Gasteiger partial charge in [0.2, 0.25) is 5.91 Å². The molecule has 1 amide bonds. The number of amides is 1. The van der Waals surface area contributed by atoms with Gasteiger partial charge in [0, 0.05) is 19.7 Å². The molecule has 0 fully saturated rings. The van der Waals surface area contributed by atoms with Crippen LogP contribution in [0.4, 0.5) is 0 Å². The van der Waals surface area contributed by atoms with Gasteiger partial charge in [0.05, 0.1) is 13.0 Å². The van der Waals surface area contributed by atoms with Crippen LogP contribution < -0.4 is 5.73 Å². The number of carboxylic acids is 1. The molecule has 0 unspecified atom stereocenters. The largest absolute Gasteiger partial charge is 0.481 e. The number of hydrogen-bond acceptors (Lipinski definition) is 4. The maximum Gasteiger partial charge on any atom is 0.304 e. The van der Waals surface area contributed by atoms with Crippen LogP contribution in [0, 0.1) is 0 Å². The van der Waals surface area contributed by atoms with Gasteiger partial charge in [-0.2, -0.15) is 0 Å². The Hall–Kier alpha value is -1.14. The zero-order valence-corrected chi connectivity index (χ0v) is 7.98. The summed E-state index contributed by atoms with van der Waals surface area (Å²) < 4.78 is 0. The molecule has 0 aromatic carbocycles. The second-order valence-corrected chi connectivity index (χ2v) is 2.96. The van der Waals surface area contributed by atoms with Crippen LogP contribution >= 0.6 is 0 Å². The second-order valence-electron chi connectivity index (χ2n) is 2.96. The maximum absolute atomic E-state index is 10.6. The van der Waals surface area contributed by atoms with Crippen molar-refractivity contribution in [2.45, 2.75) is 12.8 Å². The van der Waals surface area contributed by atoms with Gasteiger partial charge in [-0.1, -0.05) is 0 Å². The van der Waals surface area contributed by atoms with E-state index >= 15 is 0 Å². The van der Waals surface area contributed by atoms with E-state index < -0.39 is 11.9 Å². The lowest BCUT2D eigenvalue weighted by Crippen LogP contribution is -2.36. The number of rotatable bonds is 8. The van der Waals surface area contributed by atoms with Crippen molar-refractivity contribution in [2.75, 3.05) is 26.2 Å². The Kier molecular flexibility index (Phi) is 6.69. The molecule has 0 aromatic heterocycles. The van der Waals surface area contributed by atoms with Crippen LogP contribution in [0.5, 0.6) is 0 Å². The first kappa shape index (κ1) is 12.9. The molecule has 4 N–H and O–H groups in total. The number of primary amides is 1. The molecule has 0 rings (SSSR count). The molecule has 0 saturated carbocycles. The fourth-order valence-corrected chi connectivity index (χ4v) is 1.04. The van der Waals surface area contributed by atoms with E-state index in [4.69, 9.17) is 15.9 Å². The molecular weight excluding hydrogens is 188 g/mol. The third kappa shape index (κ3) is 7.51. The lowest BCUT2D eigenvalue weighted by molar-refractivity contribution is -0.137. The van der Waals surface area contributed by atoms with Crippen molar-refractivity contribution in [3.8, 4) is 0 Å². The summed E-state index contributed by atoms with van der Waals surface area (Å²) in [7, 11) is 0. The summed E-state index contributed by atoms with van der Waals surface area (Å²) in [5, 5.41) is 17.0. The third-order valence-corrected chi connectivity index (χ3v) is 1.65. The fraction of sp³-hybridized carbons (Fsp3) is 0.750. The van der Waals surface area contributed by atoms with Gasteiger partial charge in [0.15, 0.2) is 0 Å². The molecule has 0 bridgehead atoms. The Morgan fingerprint density at radius 1 is 1.29 bits per heavy atom. The number of aliphatic hydroxyl groups is 1. The van der Waals surface area contributed by atoms with Crippen LogP contribution in [0.25, 0.3) is 0 Å². The van der Waals surface area contributed by atoms with Crippen molar-refractivity contribution in [3.05, 3.63) is 0 Å². The van der Waals surface area contributed by atoms with E-state index in [1.54, 1.807) is 4.90 Å². The monoisotopic (exact) mass is 204 g/mol. The standard InChI is InChI=1S/C8H16N2O4/c9-7(12)6-10(3-1-5-11)4-2-8(13)14/h11H,1-6H2,(H2,9,12)(H,13,14). The predicted molar refractivity (Wildman–Crippen MR) is 49.6 cm³/mol. The number of hydrogen-bond donors (Lipinski definition) is 3. The van der Waals surface area contributed by atoms with Gasteiger partial charge < -0.3 is 15.9 Å². The summed E-state index contributed by atoms with van der Waals surface area (Å²) in [6, 6.07) is 0. The lowest BCUT2D eigenvalue weighted by atomic mass is 10.3. The quantitative estimate of drug-likeness (QED) is 0.452. The Balaban J connectivity index is 3.83. The summed E-state index contributed by atoms with van der Waals surface area (Å²) >= 11 is 0. The molecule has 0 aliphatic carbocycles. The number of carbonyl (C=O) groups is 2. The van der Waals surface area contributed by atoms with Crippen LogP contribution in [-0.2, 0) is 9.59 Å². The molecule has 0 radical (unpaired) electrons. The van der Waals surface area contributed by atoms with Gasteiger partial charge in [0.1, 0.15) is 0 Å². The highest BCUT2D eigenvalue weighted by Crippen LogP contribution is 1.93. The first-order chi connectivity index (χ1) is 6.56. The average Bonchev–Trinajstić information content (AvgIpc) is 2.09. The topological polar surface area (TPSA) is 104 Å². The van der Waals surface area contributed by atoms with Gasteiger partial charge in [-0.25, -0.2) is 0 Å². The number of aliphatic carboxylic acids is 1. The molecule has 0 heterocycles. The summed E-state index contributed by atoms with van der Waals surface area (Å²) in [5.74, 6) is -1.41. The van der Waals surface area contributed by atoms with Crippen molar-refractivity contribution < 1.29 is 19.8 Å². The highest BCUT2D eigenvalue weighted by Gasteiger charge is 2.09. The number of nitrogens with two attached hydrogens (primary N) is 1. The minimum atomic E-state index is -0.913. The van der Waals surface area contributed by atoms with E-state index in [0.29, 0.717) is 13.0 Å². The van der Waals surface area contributed by atoms with Crippen LogP contribution in [-0.4, -0.2) is 53.2 Å². The molecule has 14 heavy (non-hydrogen) atoms. The van der Waals surface area contributed by atoms with Crippen LogP contribution in [0.1, 0.15) is 12.8 Å². The molecule has 0 atom stereocenters. The normalized spacial score (nSPS) is 10.4. The van der Waals surface area contributed by atoms with E-state index in [2.05, 4.69) is 0 Å². The van der Waals surface area contributed by atoms with E-state index in [0.717, 1.165) is 0 Å². The van der Waals surface area contributed by atoms with E-state index in [1.165, 1.54) is 0 Å². The molecule has 0 spiro atoms. The molecule has 82 valence electrons.